The molecule has 0 radical (unpaired) electrons. The molecule has 2 aromatic heterocycles. The number of nitrogens with one attached hydrogen (secondary N) is 1. The predicted octanol–water partition coefficient (Wildman–Crippen LogP) is 4.97. The number of benzene rings is 1. The smallest absolute Gasteiger partial charge is 0.219 e. The van der Waals surface area contributed by atoms with Crippen molar-refractivity contribution in [2.75, 3.05) is 33.2 Å². The summed E-state index contributed by atoms with van der Waals surface area (Å²) in [4.78, 5) is 20.5. The molecule has 1 aromatic carbocycles. The van der Waals surface area contributed by atoms with Crippen LogP contribution in [0, 0.1) is 10.8 Å². The molecule has 2 saturated heterocycles. The third-order valence-electron chi connectivity index (χ3n) is 8.65. The maximum atomic E-state index is 12.6. The zero-order valence-corrected chi connectivity index (χ0v) is 24.3. The third kappa shape index (κ3) is 5.39. The zero-order valence-electron chi connectivity index (χ0n) is 24.3. The van der Waals surface area contributed by atoms with E-state index in [2.05, 4.69) is 91.2 Å². The first-order valence-corrected chi connectivity index (χ1v) is 14.1. The molecule has 2 fully saturated rings. The number of H-pyrrole nitrogens is 1. The lowest BCUT2D eigenvalue weighted by Crippen LogP contribution is -2.63. The summed E-state index contributed by atoms with van der Waals surface area (Å²) in [5, 5.41) is 20.5. The minimum Gasteiger partial charge on any atom is -0.380 e. The Morgan fingerprint density at radius 1 is 1.08 bits per heavy atom. The highest BCUT2D eigenvalue weighted by Crippen LogP contribution is 2.50. The van der Waals surface area contributed by atoms with E-state index in [4.69, 9.17) is 0 Å². The Morgan fingerprint density at radius 2 is 1.74 bits per heavy atom. The van der Waals surface area contributed by atoms with Crippen LogP contribution in [-0.4, -0.2) is 69.2 Å². The normalized spacial score (nSPS) is 19.9. The number of aliphatic hydroxyl groups is 1. The van der Waals surface area contributed by atoms with E-state index in [1.807, 2.05) is 11.1 Å². The second-order valence-electron chi connectivity index (χ2n) is 13.3. The van der Waals surface area contributed by atoms with Gasteiger partial charge in [0.05, 0.1) is 5.69 Å². The van der Waals surface area contributed by atoms with Crippen LogP contribution in [0.5, 0.6) is 0 Å². The number of carbonyl (C=O) groups is 1. The van der Waals surface area contributed by atoms with E-state index in [9.17, 15) is 9.90 Å². The van der Waals surface area contributed by atoms with Gasteiger partial charge in [-0.3, -0.25) is 14.9 Å². The fourth-order valence-corrected chi connectivity index (χ4v) is 6.69. The number of aromatic nitrogens is 3. The highest BCUT2D eigenvalue weighted by molar-refractivity contribution is 5.73. The van der Waals surface area contributed by atoms with E-state index in [1.165, 1.54) is 5.56 Å². The summed E-state index contributed by atoms with van der Waals surface area (Å²) in [5.41, 5.74) is 4.42. The number of pyridine rings is 1. The largest absolute Gasteiger partial charge is 0.380 e. The van der Waals surface area contributed by atoms with Gasteiger partial charge in [0.25, 0.3) is 0 Å². The van der Waals surface area contributed by atoms with Gasteiger partial charge in [-0.25, -0.2) is 0 Å². The quantitative estimate of drug-likeness (QED) is 0.471. The highest BCUT2D eigenvalue weighted by Gasteiger charge is 2.55. The van der Waals surface area contributed by atoms with Crippen molar-refractivity contribution in [3.63, 3.8) is 0 Å². The summed E-state index contributed by atoms with van der Waals surface area (Å²) in [6.45, 7) is 13.7. The molecule has 208 valence electrons. The molecule has 1 atom stereocenters. The second kappa shape index (κ2) is 10.2. The molecule has 2 N–H and O–H groups in total. The van der Waals surface area contributed by atoms with Crippen molar-refractivity contribution in [2.24, 2.45) is 10.8 Å². The van der Waals surface area contributed by atoms with Crippen LogP contribution < -0.4 is 0 Å². The SMILES string of the molecule is CC(=O)N1CCC(c2cc(-c3cncc(C(O)(c4ccc(CC(C)(C)C)cc4)C4(C)CN(C)C4)c3)n[nH]2)CC1. The number of carbonyl (C=O) groups excluding carboxylic acids is 1. The number of aromatic amines is 1. The molecule has 0 aliphatic carbocycles. The van der Waals surface area contributed by atoms with Crippen LogP contribution in [0.1, 0.15) is 75.8 Å². The molecule has 7 nitrogen and oxygen atoms in total. The standard InChI is InChI=1S/C32H43N5O2/c1-22(38)37-13-11-24(12-14-37)28-16-29(35-34-28)25-15-27(19-33-18-25)32(39,31(5)20-36(6)21-31)26-9-7-23(8-10-26)17-30(2,3)4/h7-10,15-16,18-19,24,39H,11-14,17,20-21H2,1-6H3,(H,34,35). The number of amides is 1. The van der Waals surface area contributed by atoms with Gasteiger partial charge in [-0.2, -0.15) is 5.10 Å². The highest BCUT2D eigenvalue weighted by atomic mass is 16.3. The average molecular weight is 530 g/mol. The first-order valence-electron chi connectivity index (χ1n) is 14.1. The lowest BCUT2D eigenvalue weighted by molar-refractivity contribution is -0.129. The number of nitrogens with zero attached hydrogens (tertiary/aromatic N) is 4. The van der Waals surface area contributed by atoms with Crippen molar-refractivity contribution in [3.8, 4) is 11.3 Å². The summed E-state index contributed by atoms with van der Waals surface area (Å²) in [6.07, 6.45) is 6.47. The van der Waals surface area contributed by atoms with Gasteiger partial charge in [0.1, 0.15) is 5.60 Å². The van der Waals surface area contributed by atoms with Crippen molar-refractivity contribution < 1.29 is 9.90 Å². The minimum atomic E-state index is -1.19. The Kier molecular flexibility index (Phi) is 7.18. The molecule has 1 amide bonds. The van der Waals surface area contributed by atoms with Gasteiger partial charge in [0.15, 0.2) is 0 Å². The molecule has 1 unspecified atom stereocenters. The number of rotatable bonds is 6. The zero-order chi connectivity index (χ0) is 28.0. The molecule has 5 rings (SSSR count). The minimum absolute atomic E-state index is 0.143. The van der Waals surface area contributed by atoms with Crippen LogP contribution in [-0.2, 0) is 16.8 Å². The van der Waals surface area contributed by atoms with E-state index in [0.717, 1.165) is 73.5 Å². The third-order valence-corrected chi connectivity index (χ3v) is 8.65. The van der Waals surface area contributed by atoms with Crippen molar-refractivity contribution in [1.82, 2.24) is 25.0 Å². The lowest BCUT2D eigenvalue weighted by Gasteiger charge is -2.55. The second-order valence-corrected chi connectivity index (χ2v) is 13.3. The van der Waals surface area contributed by atoms with Crippen LogP contribution in [0.15, 0.2) is 48.8 Å². The van der Waals surface area contributed by atoms with Crippen LogP contribution >= 0.6 is 0 Å². The molecule has 4 heterocycles. The van der Waals surface area contributed by atoms with Crippen molar-refractivity contribution >= 4 is 5.91 Å². The molecule has 39 heavy (non-hydrogen) atoms. The van der Waals surface area contributed by atoms with E-state index in [0.29, 0.717) is 5.92 Å². The van der Waals surface area contributed by atoms with Gasteiger partial charge < -0.3 is 14.9 Å². The van der Waals surface area contributed by atoms with E-state index in [-0.39, 0.29) is 16.7 Å². The Labute approximate surface area is 232 Å². The van der Waals surface area contributed by atoms with Crippen molar-refractivity contribution in [2.45, 2.75) is 65.4 Å². The summed E-state index contributed by atoms with van der Waals surface area (Å²) in [5.74, 6) is 0.496. The van der Waals surface area contributed by atoms with Crippen LogP contribution in [0.4, 0.5) is 0 Å². The predicted molar refractivity (Wildman–Crippen MR) is 154 cm³/mol. The molecule has 0 bridgehead atoms. The number of likely N-dealkylation sites (tertiary alicyclic amines) is 2. The molecule has 2 aliphatic heterocycles. The first kappa shape index (κ1) is 27.5. The summed E-state index contributed by atoms with van der Waals surface area (Å²) in [7, 11) is 2.09. The summed E-state index contributed by atoms with van der Waals surface area (Å²) < 4.78 is 0. The Balaban J connectivity index is 1.45. The molecule has 0 spiro atoms. The average Bonchev–Trinajstić information content (AvgIpc) is 3.37. The monoisotopic (exact) mass is 529 g/mol. The number of hydrogen-bond acceptors (Lipinski definition) is 5. The maximum Gasteiger partial charge on any atom is 0.219 e. The van der Waals surface area contributed by atoms with E-state index < -0.39 is 5.60 Å². The van der Waals surface area contributed by atoms with Gasteiger partial charge in [0.2, 0.25) is 5.91 Å². The van der Waals surface area contributed by atoms with E-state index in [1.54, 1.807) is 13.1 Å². The molecule has 3 aromatic rings. The van der Waals surface area contributed by atoms with Gasteiger partial charge in [-0.05, 0) is 55.0 Å². The molecule has 7 heteroatoms. The fraction of sp³-hybridized carbons (Fsp3) is 0.531. The molecular formula is C32H43N5O2. The van der Waals surface area contributed by atoms with Gasteiger partial charge >= 0.3 is 0 Å². The molecular weight excluding hydrogens is 486 g/mol. The van der Waals surface area contributed by atoms with E-state index >= 15 is 0 Å². The molecule has 2 aliphatic rings. The summed E-state index contributed by atoms with van der Waals surface area (Å²) >= 11 is 0. The number of piperidine rings is 1. The number of hydrogen-bond donors (Lipinski definition) is 2. The van der Waals surface area contributed by atoms with Crippen LogP contribution in [0.3, 0.4) is 0 Å². The van der Waals surface area contributed by atoms with Crippen molar-refractivity contribution in [1.29, 1.82) is 0 Å². The first-order chi connectivity index (χ1) is 18.4. The lowest BCUT2D eigenvalue weighted by atomic mass is 9.62. The maximum absolute atomic E-state index is 12.6. The molecule has 0 saturated carbocycles. The van der Waals surface area contributed by atoms with Gasteiger partial charge in [-0.15, -0.1) is 0 Å². The Bertz CT molecular complexity index is 1310. The Hall–Kier alpha value is -3.03. The van der Waals surface area contributed by atoms with Crippen LogP contribution in [0.25, 0.3) is 11.3 Å². The summed E-state index contributed by atoms with van der Waals surface area (Å²) in [6, 6.07) is 12.7. The fourth-order valence-electron chi connectivity index (χ4n) is 6.69. The van der Waals surface area contributed by atoms with Crippen LogP contribution in [0.2, 0.25) is 0 Å². The van der Waals surface area contributed by atoms with Gasteiger partial charge in [-0.1, -0.05) is 52.0 Å². The topological polar surface area (TPSA) is 85.3 Å². The van der Waals surface area contributed by atoms with Gasteiger partial charge in [0, 0.05) is 73.7 Å². The van der Waals surface area contributed by atoms with Crippen molar-refractivity contribution in [3.05, 3.63) is 71.2 Å². The Morgan fingerprint density at radius 3 is 2.33 bits per heavy atom.